The van der Waals surface area contributed by atoms with E-state index < -0.39 is 17.8 Å². The molecule has 7 heteroatoms. The fourth-order valence-corrected chi connectivity index (χ4v) is 7.67. The summed E-state index contributed by atoms with van der Waals surface area (Å²) in [5, 5.41) is 4.12. The highest BCUT2D eigenvalue weighted by Gasteiger charge is 2.40. The second kappa shape index (κ2) is 12.5. The fourth-order valence-electron chi connectivity index (χ4n) is 7.67. The summed E-state index contributed by atoms with van der Waals surface area (Å²) in [4.78, 5) is 45.1. The van der Waals surface area contributed by atoms with Crippen LogP contribution >= 0.6 is 0 Å². The van der Waals surface area contributed by atoms with E-state index in [9.17, 15) is 14.4 Å². The van der Waals surface area contributed by atoms with Gasteiger partial charge in [0.2, 0.25) is 0 Å². The first-order chi connectivity index (χ1) is 24.0. The highest BCUT2D eigenvalue weighted by atomic mass is 16.5. The van der Waals surface area contributed by atoms with Gasteiger partial charge in [0, 0.05) is 36.2 Å². The Balaban J connectivity index is 1.29. The van der Waals surface area contributed by atoms with E-state index in [0.717, 1.165) is 52.7 Å². The summed E-state index contributed by atoms with van der Waals surface area (Å²) in [5.41, 5.74) is 6.49. The van der Waals surface area contributed by atoms with Crippen LogP contribution in [0.2, 0.25) is 0 Å². The van der Waals surface area contributed by atoms with Gasteiger partial charge in [-0.15, -0.1) is 6.42 Å². The summed E-state index contributed by atoms with van der Waals surface area (Å²) in [7, 11) is 0. The molecule has 0 aromatic heterocycles. The lowest BCUT2D eigenvalue weighted by atomic mass is 9.76. The van der Waals surface area contributed by atoms with Crippen molar-refractivity contribution in [3.05, 3.63) is 143 Å². The number of hydrogen-bond acceptors (Lipinski definition) is 5. The summed E-state index contributed by atoms with van der Waals surface area (Å²) in [6.07, 6.45) is 8.80. The zero-order chi connectivity index (χ0) is 33.5. The van der Waals surface area contributed by atoms with Crippen LogP contribution in [0.25, 0.3) is 16.8 Å². The van der Waals surface area contributed by atoms with Crippen LogP contribution < -0.4 is 19.9 Å². The second-order valence-electron chi connectivity index (χ2n) is 12.6. The monoisotopic (exact) mass is 643 g/mol. The smallest absolute Gasteiger partial charge is 0.335 e. The Morgan fingerprint density at radius 3 is 2.04 bits per heavy atom. The molecule has 0 radical (unpaired) electrons. The number of hydrogen-bond donors (Lipinski definition) is 1. The van der Waals surface area contributed by atoms with E-state index in [1.165, 1.54) is 22.9 Å². The molecule has 3 heterocycles. The van der Waals surface area contributed by atoms with Crippen molar-refractivity contribution in [2.24, 2.45) is 0 Å². The number of carbonyl (C=O) groups is 3. The maximum absolute atomic E-state index is 14.5. The van der Waals surface area contributed by atoms with Crippen LogP contribution in [0, 0.1) is 12.3 Å². The van der Waals surface area contributed by atoms with Gasteiger partial charge in [0.25, 0.3) is 11.8 Å². The van der Waals surface area contributed by atoms with E-state index in [0.29, 0.717) is 17.0 Å². The molecule has 7 nitrogen and oxygen atoms in total. The van der Waals surface area contributed by atoms with Crippen LogP contribution in [-0.4, -0.2) is 37.5 Å². The quantitative estimate of drug-likeness (QED) is 0.119. The average molecular weight is 644 g/mol. The molecule has 1 fully saturated rings. The Labute approximate surface area is 284 Å². The molecule has 5 aromatic carbocycles. The maximum atomic E-state index is 14.5. The first kappa shape index (κ1) is 30.2. The third-order valence-electron chi connectivity index (χ3n) is 9.89. The number of nitrogens with one attached hydrogen (secondary N) is 1. The lowest BCUT2D eigenvalue weighted by Crippen LogP contribution is -2.54. The molecule has 240 valence electrons. The summed E-state index contributed by atoms with van der Waals surface area (Å²) in [6, 6.07) is 35.2. The normalized spacial score (nSPS) is 19.4. The van der Waals surface area contributed by atoms with Crippen molar-refractivity contribution in [3.8, 4) is 18.1 Å². The summed E-state index contributed by atoms with van der Waals surface area (Å²) < 4.78 is 5.85. The van der Waals surface area contributed by atoms with E-state index in [2.05, 4.69) is 40.4 Å². The topological polar surface area (TPSA) is 79.0 Å². The van der Waals surface area contributed by atoms with Crippen LogP contribution in [0.4, 0.5) is 16.2 Å². The summed E-state index contributed by atoms with van der Waals surface area (Å²) in [6.45, 7) is 1.85. The maximum Gasteiger partial charge on any atom is 0.335 e. The number of amides is 4. The van der Waals surface area contributed by atoms with Gasteiger partial charge in [-0.3, -0.25) is 14.9 Å². The molecular weight excluding hydrogens is 610 g/mol. The average Bonchev–Trinajstić information content (AvgIpc) is 3.13. The predicted octanol–water partition coefficient (Wildman–Crippen LogP) is 7.40. The van der Waals surface area contributed by atoms with Crippen LogP contribution in [0.1, 0.15) is 52.5 Å². The zero-order valence-corrected chi connectivity index (χ0v) is 26.8. The van der Waals surface area contributed by atoms with Gasteiger partial charge in [0.1, 0.15) is 17.9 Å². The fraction of sp³-hybridized carbons (Fsp3) is 0.167. The third-order valence-corrected chi connectivity index (χ3v) is 9.89. The van der Waals surface area contributed by atoms with Gasteiger partial charge in [-0.25, -0.2) is 9.69 Å². The Kier molecular flexibility index (Phi) is 7.69. The Morgan fingerprint density at radius 1 is 0.796 bits per heavy atom. The van der Waals surface area contributed by atoms with Gasteiger partial charge in [0.05, 0.1) is 5.69 Å². The first-order valence-electron chi connectivity index (χ1n) is 16.5. The lowest BCUT2D eigenvalue weighted by Gasteiger charge is -2.44. The lowest BCUT2D eigenvalue weighted by molar-refractivity contribution is -0.122. The number of benzene rings is 5. The molecule has 8 rings (SSSR count). The van der Waals surface area contributed by atoms with Crippen molar-refractivity contribution in [1.29, 1.82) is 0 Å². The second-order valence-corrected chi connectivity index (χ2v) is 12.6. The number of urea groups is 1. The van der Waals surface area contributed by atoms with Crippen molar-refractivity contribution in [2.45, 2.75) is 24.7 Å². The summed E-state index contributed by atoms with van der Waals surface area (Å²) >= 11 is 0. The van der Waals surface area contributed by atoms with Crippen molar-refractivity contribution < 1.29 is 19.1 Å². The highest BCUT2D eigenvalue weighted by molar-refractivity contribution is 6.39. The molecule has 0 unspecified atom stereocenters. The molecule has 1 N–H and O–H groups in total. The highest BCUT2D eigenvalue weighted by Crippen LogP contribution is 2.50. The number of anilines is 2. The van der Waals surface area contributed by atoms with Gasteiger partial charge in [0.15, 0.2) is 0 Å². The molecule has 1 saturated heterocycles. The number of carbonyl (C=O) groups excluding carboxylic acids is 3. The van der Waals surface area contributed by atoms with Crippen molar-refractivity contribution in [2.75, 3.05) is 29.5 Å². The molecule has 49 heavy (non-hydrogen) atoms. The Hall–Kier alpha value is -6.13. The number of terminal acetylenes is 1. The molecule has 0 bridgehead atoms. The Morgan fingerprint density at radius 2 is 1.41 bits per heavy atom. The SMILES string of the molecule is C#CCOc1ccc2ccccc2c1/C=C1\C(=O)NC(=O)N(c2cc3c4c(c2)[C@H](c2ccccc2)CCN4CC[C@H]3c2ccccc2)C1=O. The molecule has 3 aliphatic rings. The van der Waals surface area contributed by atoms with E-state index in [1.807, 2.05) is 78.9 Å². The van der Waals surface area contributed by atoms with Crippen LogP contribution in [0.5, 0.6) is 5.75 Å². The molecular formula is C42H33N3O4. The molecule has 5 aromatic rings. The van der Waals surface area contributed by atoms with Crippen LogP contribution in [0.3, 0.4) is 0 Å². The first-order valence-corrected chi connectivity index (χ1v) is 16.5. The van der Waals surface area contributed by atoms with Crippen LogP contribution in [-0.2, 0) is 9.59 Å². The predicted molar refractivity (Wildman–Crippen MR) is 192 cm³/mol. The number of nitrogens with zero attached hydrogens (tertiary/aromatic N) is 2. The number of barbiturate groups is 1. The van der Waals surface area contributed by atoms with Crippen molar-refractivity contribution in [3.63, 3.8) is 0 Å². The third kappa shape index (κ3) is 5.32. The van der Waals surface area contributed by atoms with Gasteiger partial charge < -0.3 is 9.64 Å². The van der Waals surface area contributed by atoms with Crippen LogP contribution in [0.15, 0.2) is 115 Å². The molecule has 0 saturated carbocycles. The van der Waals surface area contributed by atoms with E-state index in [1.54, 1.807) is 6.07 Å². The van der Waals surface area contributed by atoms with Gasteiger partial charge in [-0.1, -0.05) is 96.9 Å². The molecule has 3 aliphatic heterocycles. The molecule has 0 aliphatic carbocycles. The molecule has 4 amide bonds. The minimum atomic E-state index is -0.781. The Bertz CT molecular complexity index is 2130. The number of rotatable bonds is 6. The van der Waals surface area contributed by atoms with Gasteiger partial charge >= 0.3 is 6.03 Å². The van der Waals surface area contributed by atoms with Gasteiger partial charge in [-0.2, -0.15) is 0 Å². The molecule has 0 spiro atoms. The van der Waals surface area contributed by atoms with Crippen molar-refractivity contribution >= 4 is 46.1 Å². The number of fused-ring (bicyclic) bond motifs is 1. The minimum absolute atomic E-state index is 0.0132. The van der Waals surface area contributed by atoms with Gasteiger partial charge in [-0.05, 0) is 70.1 Å². The van der Waals surface area contributed by atoms with Crippen molar-refractivity contribution in [1.82, 2.24) is 5.32 Å². The largest absolute Gasteiger partial charge is 0.480 e. The molecule has 2 atom stereocenters. The van der Waals surface area contributed by atoms with E-state index >= 15 is 0 Å². The standard InChI is InChI=1S/C42H33N3O4/c1-2-23-49-38-18-17-29-15-9-10-16-31(29)34(38)26-37-40(46)43-42(48)45(41(37)47)30-24-35-32(27-11-5-3-6-12-27)19-21-44-22-20-33(36(25-30)39(35)44)28-13-7-4-8-14-28/h1,3-18,24-26,32-33H,19-23H2,(H,43,46,48)/b37-26+/t32-,33-/m0/s1. The number of ether oxygens (including phenoxy) is 1. The minimum Gasteiger partial charge on any atom is -0.480 e. The number of imide groups is 2. The van der Waals surface area contributed by atoms with E-state index in [-0.39, 0.29) is 24.0 Å². The zero-order valence-electron chi connectivity index (χ0n) is 26.8. The summed E-state index contributed by atoms with van der Waals surface area (Å²) in [5.74, 6) is 1.59. The van der Waals surface area contributed by atoms with E-state index in [4.69, 9.17) is 11.2 Å².